The summed E-state index contributed by atoms with van der Waals surface area (Å²) in [6, 6.07) is 2.19. The number of hydroxylamine groups is 1. The summed E-state index contributed by atoms with van der Waals surface area (Å²) in [5, 5.41) is 12.7. The van der Waals surface area contributed by atoms with Crippen LogP contribution < -0.4 is 0 Å². The molecule has 0 bridgehead atoms. The molecule has 0 N–H and O–H groups in total. The number of benzene rings is 1. The standard InChI is InChI=1S/C16H25NO7S2/c1-11(2)16(4,5)17(18)10-13-8-9-14(25(19,20)23-6)12(3)15(13)26(21,22)24-7/h8-11H,1-7H3/b17-10-/i10D. The highest BCUT2D eigenvalue weighted by Gasteiger charge is 2.33. The van der Waals surface area contributed by atoms with Gasteiger partial charge in [-0.1, -0.05) is 13.8 Å². The Morgan fingerprint density at radius 1 is 1.15 bits per heavy atom. The van der Waals surface area contributed by atoms with Crippen molar-refractivity contribution < 1.29 is 31.3 Å². The fourth-order valence-electron chi connectivity index (χ4n) is 2.02. The fraction of sp³-hybridized carbons (Fsp3) is 0.562. The number of hydrogen-bond donors (Lipinski definition) is 0. The summed E-state index contributed by atoms with van der Waals surface area (Å²) in [6.45, 7) is 8.09. The van der Waals surface area contributed by atoms with Crippen LogP contribution in [0.15, 0.2) is 21.9 Å². The first-order valence-electron chi connectivity index (χ1n) is 8.21. The van der Waals surface area contributed by atoms with Crippen LogP contribution in [0.5, 0.6) is 0 Å². The van der Waals surface area contributed by atoms with Gasteiger partial charge in [0.15, 0.2) is 11.7 Å². The summed E-state index contributed by atoms with van der Waals surface area (Å²) in [5.41, 5.74) is -1.46. The van der Waals surface area contributed by atoms with Gasteiger partial charge in [0.1, 0.15) is 6.27 Å². The molecule has 0 aromatic heterocycles. The molecule has 1 aromatic rings. The third-order valence-electron chi connectivity index (χ3n) is 4.47. The normalized spacial score (nSPS) is 15.0. The maximum absolute atomic E-state index is 12.7. The Kier molecular flexibility index (Phi) is 6.11. The summed E-state index contributed by atoms with van der Waals surface area (Å²) in [6.07, 6.45) is -0.617. The summed E-state index contributed by atoms with van der Waals surface area (Å²) >= 11 is 0. The Hall–Kier alpha value is -1.49. The summed E-state index contributed by atoms with van der Waals surface area (Å²) in [7, 11) is -6.77. The molecule has 0 radical (unpaired) electrons. The molecule has 0 saturated carbocycles. The van der Waals surface area contributed by atoms with E-state index in [1.54, 1.807) is 27.7 Å². The largest absolute Gasteiger partial charge is 0.623 e. The van der Waals surface area contributed by atoms with Crippen molar-refractivity contribution in [3.8, 4) is 0 Å². The summed E-state index contributed by atoms with van der Waals surface area (Å²) in [5.74, 6) is -0.146. The highest BCUT2D eigenvalue weighted by atomic mass is 32.2. The van der Waals surface area contributed by atoms with Gasteiger partial charge in [-0.25, -0.2) is 4.74 Å². The average molecular weight is 409 g/mol. The van der Waals surface area contributed by atoms with Gasteiger partial charge in [-0.3, -0.25) is 8.37 Å². The SMILES string of the molecule is [2H]/C(c1ccc(S(=O)(=O)OC)c(C)c1S(=O)(=O)OC)=[N+](/[O-])C(C)(C)C(C)C. The van der Waals surface area contributed by atoms with Crippen LogP contribution in [0, 0.1) is 18.0 Å². The molecule has 0 atom stereocenters. The second kappa shape index (κ2) is 7.63. The van der Waals surface area contributed by atoms with Crippen molar-refractivity contribution in [2.24, 2.45) is 5.92 Å². The van der Waals surface area contributed by atoms with E-state index in [0.29, 0.717) is 4.74 Å². The molecule has 0 unspecified atom stereocenters. The highest BCUT2D eigenvalue weighted by Crippen LogP contribution is 2.29. The molecule has 0 fully saturated rings. The van der Waals surface area contributed by atoms with Gasteiger partial charge < -0.3 is 5.21 Å². The van der Waals surface area contributed by atoms with Gasteiger partial charge in [-0.2, -0.15) is 16.8 Å². The molecule has 1 rings (SSSR count). The molecular weight excluding hydrogens is 382 g/mol. The van der Waals surface area contributed by atoms with Crippen LogP contribution >= 0.6 is 0 Å². The van der Waals surface area contributed by atoms with Crippen LogP contribution in [0.4, 0.5) is 0 Å². The molecule has 26 heavy (non-hydrogen) atoms. The second-order valence-electron chi connectivity index (χ2n) is 6.52. The zero-order valence-corrected chi connectivity index (χ0v) is 17.5. The van der Waals surface area contributed by atoms with E-state index in [4.69, 9.17) is 1.37 Å². The van der Waals surface area contributed by atoms with Gasteiger partial charge >= 0.3 is 0 Å². The molecule has 0 amide bonds. The fourth-order valence-corrected chi connectivity index (χ4v) is 4.01. The Balaban J connectivity index is 4.00. The second-order valence-corrected chi connectivity index (χ2v) is 9.85. The third kappa shape index (κ3) is 4.25. The Bertz CT molecular complexity index is 965. The number of rotatable bonds is 7. The maximum Gasteiger partial charge on any atom is 0.297 e. The Labute approximate surface area is 156 Å². The van der Waals surface area contributed by atoms with Crippen molar-refractivity contribution in [1.82, 2.24) is 0 Å². The quantitative estimate of drug-likeness (QED) is 0.223. The van der Waals surface area contributed by atoms with Crippen molar-refractivity contribution in [3.05, 3.63) is 28.5 Å². The lowest BCUT2D eigenvalue weighted by atomic mass is 9.91. The molecule has 0 spiro atoms. The molecule has 0 aliphatic rings. The molecule has 0 aliphatic carbocycles. The van der Waals surface area contributed by atoms with Gasteiger partial charge in [-0.15, -0.1) is 0 Å². The third-order valence-corrected chi connectivity index (χ3v) is 7.36. The van der Waals surface area contributed by atoms with Crippen LogP contribution in [0.2, 0.25) is 0 Å². The van der Waals surface area contributed by atoms with Crippen LogP contribution in [0.1, 0.15) is 40.2 Å². The van der Waals surface area contributed by atoms with Gasteiger partial charge in [0.25, 0.3) is 20.2 Å². The van der Waals surface area contributed by atoms with Crippen LogP contribution in [0.25, 0.3) is 0 Å². The van der Waals surface area contributed by atoms with Gasteiger partial charge in [0.05, 0.1) is 24.7 Å². The first kappa shape index (κ1) is 20.8. The van der Waals surface area contributed by atoms with E-state index in [1.807, 2.05) is 0 Å². The van der Waals surface area contributed by atoms with E-state index < -0.39 is 41.8 Å². The van der Waals surface area contributed by atoms with Gasteiger partial charge in [-0.05, 0) is 24.6 Å². The molecule has 10 heteroatoms. The Morgan fingerprint density at radius 3 is 2.08 bits per heavy atom. The first-order chi connectivity index (χ1) is 12.1. The van der Waals surface area contributed by atoms with Crippen molar-refractivity contribution in [1.29, 1.82) is 0 Å². The monoisotopic (exact) mass is 408 g/mol. The molecule has 148 valence electrons. The minimum absolute atomic E-state index is 0.146. The lowest BCUT2D eigenvalue weighted by molar-refractivity contribution is -0.545. The average Bonchev–Trinajstić information content (AvgIpc) is 2.59. The van der Waals surface area contributed by atoms with E-state index in [1.165, 1.54) is 6.92 Å². The lowest BCUT2D eigenvalue weighted by Gasteiger charge is -2.28. The lowest BCUT2D eigenvalue weighted by Crippen LogP contribution is -2.39. The van der Waals surface area contributed by atoms with E-state index >= 15 is 0 Å². The topological polar surface area (TPSA) is 113 Å². The van der Waals surface area contributed by atoms with Crippen molar-refractivity contribution in [2.45, 2.75) is 49.9 Å². The summed E-state index contributed by atoms with van der Waals surface area (Å²) < 4.78 is 66.7. The van der Waals surface area contributed by atoms with E-state index in [2.05, 4.69) is 8.37 Å². The van der Waals surface area contributed by atoms with Crippen molar-refractivity contribution >= 4 is 26.4 Å². The van der Waals surface area contributed by atoms with Gasteiger partial charge in [0.2, 0.25) is 0 Å². The number of nitrogens with zero attached hydrogens (tertiary/aromatic N) is 1. The van der Waals surface area contributed by atoms with E-state index in [9.17, 15) is 22.0 Å². The first-order valence-corrected chi connectivity index (χ1v) is 10.5. The maximum atomic E-state index is 12.7. The smallest absolute Gasteiger partial charge is 0.297 e. The molecular formula is C16H25NO7S2. The predicted octanol–water partition coefficient (Wildman–Crippen LogP) is 2.03. The zero-order chi connectivity index (χ0) is 21.4. The molecule has 0 aliphatic heterocycles. The van der Waals surface area contributed by atoms with Crippen LogP contribution in [-0.4, -0.2) is 47.5 Å². The molecule has 0 saturated heterocycles. The minimum Gasteiger partial charge on any atom is -0.623 e. The predicted molar refractivity (Wildman–Crippen MR) is 97.3 cm³/mol. The molecule has 1 aromatic carbocycles. The van der Waals surface area contributed by atoms with Crippen molar-refractivity contribution in [2.75, 3.05) is 14.2 Å². The van der Waals surface area contributed by atoms with E-state index in [-0.39, 0.29) is 17.0 Å². The van der Waals surface area contributed by atoms with E-state index in [0.717, 1.165) is 26.4 Å². The molecule has 0 heterocycles. The van der Waals surface area contributed by atoms with Crippen molar-refractivity contribution in [3.63, 3.8) is 0 Å². The van der Waals surface area contributed by atoms with Crippen LogP contribution in [0.3, 0.4) is 0 Å². The highest BCUT2D eigenvalue weighted by molar-refractivity contribution is 7.87. The number of hydrogen-bond acceptors (Lipinski definition) is 7. The minimum atomic E-state index is -4.42. The zero-order valence-electron chi connectivity index (χ0n) is 16.9. The molecule has 8 nitrogen and oxygen atoms in total. The summed E-state index contributed by atoms with van der Waals surface area (Å²) in [4.78, 5) is -0.953. The van der Waals surface area contributed by atoms with Crippen LogP contribution in [-0.2, 0) is 28.6 Å². The van der Waals surface area contributed by atoms with Gasteiger partial charge in [0, 0.05) is 19.8 Å². The Morgan fingerprint density at radius 2 is 1.65 bits per heavy atom.